The van der Waals surface area contributed by atoms with Crippen molar-refractivity contribution in [3.05, 3.63) is 62.9 Å². The smallest absolute Gasteiger partial charge is 0.332 e. The Hall–Kier alpha value is -3.95. The number of hydrogen-bond acceptors (Lipinski definition) is 5. The first-order chi connectivity index (χ1) is 12.8. The molecule has 2 heterocycles. The standard InChI is InChI=1S/C17H16N6O4/c1-22-13-11(15(25)23(2)17(22)27)6-7-12(21-13)14(24)19-9-4-3-5-10(8-9)20-16(18)26/h3-8H,1-2H3,(H,19,24)(H3,18,20,26). The van der Waals surface area contributed by atoms with Crippen LogP contribution >= 0.6 is 0 Å². The number of aromatic nitrogens is 3. The number of carbonyl (C=O) groups is 2. The summed E-state index contributed by atoms with van der Waals surface area (Å²) in [6, 6.07) is 8.50. The highest BCUT2D eigenvalue weighted by Gasteiger charge is 2.14. The molecule has 0 spiro atoms. The van der Waals surface area contributed by atoms with Gasteiger partial charge in [-0.25, -0.2) is 14.6 Å². The topological polar surface area (TPSA) is 141 Å². The monoisotopic (exact) mass is 368 g/mol. The molecule has 0 saturated carbocycles. The summed E-state index contributed by atoms with van der Waals surface area (Å²) in [6.07, 6.45) is 0. The molecular formula is C17H16N6O4. The normalized spacial score (nSPS) is 10.6. The maximum Gasteiger partial charge on any atom is 0.332 e. The molecule has 0 aliphatic rings. The summed E-state index contributed by atoms with van der Waals surface area (Å²) >= 11 is 0. The Bertz CT molecular complexity index is 1190. The van der Waals surface area contributed by atoms with Crippen LogP contribution in [0.2, 0.25) is 0 Å². The number of primary amides is 1. The summed E-state index contributed by atoms with van der Waals surface area (Å²) in [5.74, 6) is -0.541. The summed E-state index contributed by atoms with van der Waals surface area (Å²) in [5.41, 5.74) is 5.00. The van der Waals surface area contributed by atoms with Crippen molar-refractivity contribution in [2.24, 2.45) is 19.8 Å². The number of rotatable bonds is 3. The zero-order valence-corrected chi connectivity index (χ0v) is 14.5. The van der Waals surface area contributed by atoms with E-state index in [2.05, 4.69) is 15.6 Å². The molecule has 0 saturated heterocycles. The Labute approximate surface area is 152 Å². The minimum Gasteiger partial charge on any atom is -0.351 e. The van der Waals surface area contributed by atoms with Gasteiger partial charge in [0.2, 0.25) is 0 Å². The molecule has 3 aromatic rings. The van der Waals surface area contributed by atoms with E-state index in [4.69, 9.17) is 5.73 Å². The zero-order chi connectivity index (χ0) is 19.7. The van der Waals surface area contributed by atoms with E-state index in [0.717, 1.165) is 4.57 Å². The third kappa shape index (κ3) is 3.40. The fraction of sp³-hybridized carbons (Fsp3) is 0.118. The quantitative estimate of drug-likeness (QED) is 0.613. The molecule has 0 atom stereocenters. The largest absolute Gasteiger partial charge is 0.351 e. The number of urea groups is 1. The number of amides is 3. The van der Waals surface area contributed by atoms with Gasteiger partial charge in [0.15, 0.2) is 0 Å². The fourth-order valence-corrected chi connectivity index (χ4v) is 2.59. The molecule has 3 amide bonds. The summed E-state index contributed by atoms with van der Waals surface area (Å²) in [7, 11) is 2.84. The van der Waals surface area contributed by atoms with Crippen molar-refractivity contribution >= 4 is 34.3 Å². The first-order valence-corrected chi connectivity index (χ1v) is 7.82. The molecular weight excluding hydrogens is 352 g/mol. The van der Waals surface area contributed by atoms with Crippen molar-refractivity contribution in [1.29, 1.82) is 0 Å². The van der Waals surface area contributed by atoms with Crippen molar-refractivity contribution in [2.45, 2.75) is 0 Å². The Morgan fingerprint density at radius 3 is 2.33 bits per heavy atom. The molecule has 2 aromatic heterocycles. The van der Waals surface area contributed by atoms with Crippen molar-refractivity contribution in [3.63, 3.8) is 0 Å². The molecule has 1 aromatic carbocycles. The Morgan fingerprint density at radius 2 is 1.67 bits per heavy atom. The Kier molecular flexibility index (Phi) is 4.46. The highest BCUT2D eigenvalue weighted by atomic mass is 16.2. The van der Waals surface area contributed by atoms with Gasteiger partial charge in [-0.3, -0.25) is 18.7 Å². The predicted octanol–water partition coefficient (Wildman–Crippen LogP) is 0.375. The van der Waals surface area contributed by atoms with Crippen molar-refractivity contribution < 1.29 is 9.59 Å². The van der Waals surface area contributed by atoms with Gasteiger partial charge >= 0.3 is 11.7 Å². The third-order valence-electron chi connectivity index (χ3n) is 3.92. The molecule has 27 heavy (non-hydrogen) atoms. The number of anilines is 2. The summed E-state index contributed by atoms with van der Waals surface area (Å²) in [5, 5.41) is 5.26. The van der Waals surface area contributed by atoms with Gasteiger partial charge in [-0.05, 0) is 30.3 Å². The highest BCUT2D eigenvalue weighted by Crippen LogP contribution is 2.16. The average Bonchev–Trinajstić information content (AvgIpc) is 2.64. The lowest BCUT2D eigenvalue weighted by atomic mass is 10.2. The zero-order valence-electron chi connectivity index (χ0n) is 14.5. The molecule has 0 radical (unpaired) electrons. The van der Waals surface area contributed by atoms with E-state index in [1.807, 2.05) is 0 Å². The minimum absolute atomic E-state index is 0.0269. The van der Waals surface area contributed by atoms with Gasteiger partial charge in [-0.1, -0.05) is 6.07 Å². The maximum absolute atomic E-state index is 12.5. The summed E-state index contributed by atoms with van der Waals surface area (Å²) < 4.78 is 2.17. The van der Waals surface area contributed by atoms with Gasteiger partial charge in [-0.2, -0.15) is 0 Å². The number of hydrogen-bond donors (Lipinski definition) is 3. The molecule has 0 aliphatic carbocycles. The van der Waals surface area contributed by atoms with Crippen molar-refractivity contribution in [1.82, 2.24) is 14.1 Å². The number of pyridine rings is 1. The van der Waals surface area contributed by atoms with Gasteiger partial charge in [-0.15, -0.1) is 0 Å². The molecule has 0 aliphatic heterocycles. The van der Waals surface area contributed by atoms with Gasteiger partial charge in [0.05, 0.1) is 5.39 Å². The number of nitrogens with one attached hydrogen (secondary N) is 2. The lowest BCUT2D eigenvalue weighted by Gasteiger charge is -2.09. The van der Waals surface area contributed by atoms with E-state index < -0.39 is 23.2 Å². The predicted molar refractivity (Wildman–Crippen MR) is 99.8 cm³/mol. The van der Waals surface area contributed by atoms with Crippen molar-refractivity contribution in [3.8, 4) is 0 Å². The van der Waals surface area contributed by atoms with Crippen molar-refractivity contribution in [2.75, 3.05) is 10.6 Å². The van der Waals surface area contributed by atoms with E-state index >= 15 is 0 Å². The Balaban J connectivity index is 1.96. The van der Waals surface area contributed by atoms with E-state index in [9.17, 15) is 19.2 Å². The number of benzene rings is 1. The second kappa shape index (κ2) is 6.75. The van der Waals surface area contributed by atoms with E-state index in [1.54, 1.807) is 18.2 Å². The first kappa shape index (κ1) is 17.9. The molecule has 10 nitrogen and oxygen atoms in total. The minimum atomic E-state index is -0.725. The van der Waals surface area contributed by atoms with Gasteiger partial charge < -0.3 is 16.4 Å². The lowest BCUT2D eigenvalue weighted by Crippen LogP contribution is -2.37. The molecule has 10 heteroatoms. The summed E-state index contributed by atoms with van der Waals surface area (Å²) in [6.45, 7) is 0. The molecule has 138 valence electrons. The first-order valence-electron chi connectivity index (χ1n) is 7.82. The van der Waals surface area contributed by atoms with Crippen LogP contribution in [0.3, 0.4) is 0 Å². The van der Waals surface area contributed by atoms with Crippen LogP contribution in [-0.2, 0) is 14.1 Å². The van der Waals surface area contributed by atoms with Crippen LogP contribution in [0, 0.1) is 0 Å². The van der Waals surface area contributed by atoms with Gasteiger partial charge in [0.1, 0.15) is 11.3 Å². The molecule has 3 rings (SSSR count). The number of carbonyl (C=O) groups excluding carboxylic acids is 2. The van der Waals surface area contributed by atoms with E-state index in [0.29, 0.717) is 11.4 Å². The average molecular weight is 368 g/mol. The molecule has 0 fully saturated rings. The third-order valence-corrected chi connectivity index (χ3v) is 3.92. The number of fused-ring (bicyclic) bond motifs is 1. The maximum atomic E-state index is 12.5. The lowest BCUT2D eigenvalue weighted by molar-refractivity contribution is 0.102. The van der Waals surface area contributed by atoms with E-state index in [1.165, 1.54) is 36.9 Å². The van der Waals surface area contributed by atoms with Crippen LogP contribution in [0.5, 0.6) is 0 Å². The molecule has 4 N–H and O–H groups in total. The molecule has 0 unspecified atom stereocenters. The van der Waals surface area contributed by atoms with Gasteiger partial charge in [0.25, 0.3) is 11.5 Å². The van der Waals surface area contributed by atoms with Crippen LogP contribution in [0.25, 0.3) is 11.0 Å². The molecule has 0 bridgehead atoms. The van der Waals surface area contributed by atoms with Crippen LogP contribution in [-0.4, -0.2) is 26.1 Å². The number of nitrogens with zero attached hydrogens (tertiary/aromatic N) is 3. The SMILES string of the molecule is Cn1c(=O)c2ccc(C(=O)Nc3cccc(NC(N)=O)c3)nc2n(C)c1=O. The van der Waals surface area contributed by atoms with Crippen LogP contribution in [0.1, 0.15) is 10.5 Å². The Morgan fingerprint density at radius 1 is 1.00 bits per heavy atom. The van der Waals surface area contributed by atoms with E-state index in [-0.39, 0.29) is 16.7 Å². The highest BCUT2D eigenvalue weighted by molar-refractivity contribution is 6.04. The number of aryl methyl sites for hydroxylation is 1. The summed E-state index contributed by atoms with van der Waals surface area (Å²) in [4.78, 5) is 51.8. The van der Waals surface area contributed by atoms with Crippen LogP contribution in [0.4, 0.5) is 16.2 Å². The van der Waals surface area contributed by atoms with Gasteiger partial charge in [0, 0.05) is 25.5 Å². The second-order valence-corrected chi connectivity index (χ2v) is 5.80. The van der Waals surface area contributed by atoms with Crippen LogP contribution < -0.4 is 27.6 Å². The second-order valence-electron chi connectivity index (χ2n) is 5.80. The van der Waals surface area contributed by atoms with Crippen LogP contribution in [0.15, 0.2) is 46.0 Å². The fourth-order valence-electron chi connectivity index (χ4n) is 2.59. The number of nitrogens with two attached hydrogens (primary N) is 1.